The van der Waals surface area contributed by atoms with Crippen LogP contribution < -0.4 is 0 Å². The van der Waals surface area contributed by atoms with Gasteiger partial charge in [0.05, 0.1) is 0 Å². The molecule has 4 unspecified atom stereocenters. The summed E-state index contributed by atoms with van der Waals surface area (Å²) in [5.41, 5.74) is 0. The van der Waals surface area contributed by atoms with Gasteiger partial charge in [-0.3, -0.25) is 0 Å². The molecule has 0 aliphatic carbocycles. The topological polar surface area (TPSA) is 183 Å². The second-order valence-corrected chi connectivity index (χ2v) is 7.50. The van der Waals surface area contributed by atoms with E-state index >= 15 is 0 Å². The van der Waals surface area contributed by atoms with Crippen molar-refractivity contribution < 1.29 is 65.5 Å². The summed E-state index contributed by atoms with van der Waals surface area (Å²) in [5.74, 6) is -16.9. The van der Waals surface area contributed by atoms with E-state index < -0.39 is 51.1 Å². The Morgan fingerprint density at radius 2 is 1.00 bits per heavy atom. The zero-order valence-electron chi connectivity index (χ0n) is 9.69. The Kier molecular flexibility index (Phi) is 1.86. The maximum Gasteiger partial charge on any atom is 0.488 e. The van der Waals surface area contributed by atoms with Crippen molar-refractivity contribution in [1.29, 1.82) is 0 Å². The van der Waals surface area contributed by atoms with Crippen LogP contribution in [0.15, 0.2) is 0 Å². The van der Waals surface area contributed by atoms with Crippen molar-refractivity contribution in [2.45, 2.75) is 23.5 Å². The van der Waals surface area contributed by atoms with Gasteiger partial charge in [0.15, 0.2) is 0 Å². The minimum absolute atomic E-state index is 1.73. The summed E-state index contributed by atoms with van der Waals surface area (Å²) < 4.78 is 60.2. The smallest absolute Gasteiger partial charge is 0.409 e. The van der Waals surface area contributed by atoms with Crippen molar-refractivity contribution in [3.8, 4) is 0 Å². The number of rotatable bonds is 0. The van der Waals surface area contributed by atoms with Gasteiger partial charge in [0.2, 0.25) is 0 Å². The zero-order chi connectivity index (χ0) is 15.8. The average molecular weight is 360 g/mol. The first-order valence-corrected chi connectivity index (χ1v) is 8.28. The lowest BCUT2D eigenvalue weighted by Crippen LogP contribution is -2.73. The molecule has 4 atom stereocenters. The Morgan fingerprint density at radius 1 is 0.682 bits per heavy atom. The molecule has 11 aliphatic rings. The fourth-order valence-corrected chi connectivity index (χ4v) is 5.48. The fourth-order valence-electron chi connectivity index (χ4n) is 2.37. The lowest BCUT2D eigenvalue weighted by Gasteiger charge is -2.46. The first-order valence-electron chi connectivity index (χ1n) is 5.36. The van der Waals surface area contributed by atoms with E-state index in [4.69, 9.17) is 0 Å². The van der Waals surface area contributed by atoms with Crippen LogP contribution >= 0.6 is 15.6 Å². The van der Waals surface area contributed by atoms with Gasteiger partial charge < -0.3 is 19.7 Å². The highest BCUT2D eigenvalue weighted by atomic mass is 31.2. The molecule has 11 fully saturated rings. The highest BCUT2D eigenvalue weighted by Gasteiger charge is 2.94. The van der Waals surface area contributed by atoms with Crippen LogP contribution in [-0.4, -0.2) is 45.7 Å². The van der Waals surface area contributed by atoms with Crippen LogP contribution in [0.2, 0.25) is 0 Å². The number of hydrogen-bond acceptors (Lipinski definition) is 14. The van der Waals surface area contributed by atoms with Crippen LogP contribution in [-0.2, 0) is 55.3 Å². The SMILES string of the molecule is O=C1OC23OP4(=O)OC2(O)OP2(=O)OC(O)(O2)C1(OC3=O)O4. The molecule has 11 rings (SSSR count). The molecule has 2 spiro atoms. The largest absolute Gasteiger partial charge is 0.488 e. The molecular weight excluding hydrogens is 358 g/mol. The predicted octanol–water partition coefficient (Wildman–Crippen LogP) is -1.86. The molecule has 0 amide bonds. The van der Waals surface area contributed by atoms with E-state index in [2.05, 4.69) is 36.6 Å². The van der Waals surface area contributed by atoms with Crippen molar-refractivity contribution in [3.63, 3.8) is 0 Å². The lowest BCUT2D eigenvalue weighted by molar-refractivity contribution is -0.446. The molecule has 0 radical (unpaired) electrons. The summed E-state index contributed by atoms with van der Waals surface area (Å²) in [6, 6.07) is 0. The molecule has 22 heavy (non-hydrogen) atoms. The number of carbonyl (C=O) groups excluding carboxylic acids is 2. The van der Waals surface area contributed by atoms with E-state index in [9.17, 15) is 28.9 Å². The van der Waals surface area contributed by atoms with Crippen LogP contribution in [0.5, 0.6) is 0 Å². The second-order valence-electron chi connectivity index (χ2n) is 4.62. The number of hydrogen-bond donors (Lipinski definition) is 2. The van der Waals surface area contributed by atoms with E-state index in [0.29, 0.717) is 0 Å². The van der Waals surface area contributed by atoms with E-state index in [0.717, 1.165) is 0 Å². The van der Waals surface area contributed by atoms with Gasteiger partial charge >= 0.3 is 51.1 Å². The summed E-state index contributed by atoms with van der Waals surface area (Å²) >= 11 is 0. The van der Waals surface area contributed by atoms with Crippen LogP contribution in [0.3, 0.4) is 0 Å². The van der Waals surface area contributed by atoms with Crippen LogP contribution in [0.1, 0.15) is 0 Å². The minimum Gasteiger partial charge on any atom is -0.409 e. The molecule has 16 heteroatoms. The molecule has 11 heterocycles. The molecule has 120 valence electrons. The van der Waals surface area contributed by atoms with Crippen LogP contribution in [0, 0.1) is 0 Å². The minimum atomic E-state index is -4.97. The van der Waals surface area contributed by atoms with E-state index in [1.165, 1.54) is 0 Å². The maximum atomic E-state index is 12.3. The number of aliphatic hydroxyl groups is 2. The van der Waals surface area contributed by atoms with Gasteiger partial charge in [-0.1, -0.05) is 0 Å². The molecule has 6 bridgehead atoms. The number of ether oxygens (including phenoxy) is 2. The first kappa shape index (κ1) is 13.5. The molecule has 0 saturated carbocycles. The number of esters is 2. The molecule has 11 saturated heterocycles. The molecule has 0 aromatic heterocycles. The molecule has 2 N–H and O–H groups in total. The Balaban J connectivity index is 1.90. The second kappa shape index (κ2) is 3.03. The van der Waals surface area contributed by atoms with Gasteiger partial charge in [-0.25, -0.2) is 45.9 Å². The number of carbonyl (C=O) groups is 2. The van der Waals surface area contributed by atoms with E-state index in [1.807, 2.05) is 0 Å². The molecular formula is C6H2O14P2. The highest BCUT2D eigenvalue weighted by Crippen LogP contribution is 2.81. The Morgan fingerprint density at radius 3 is 1.36 bits per heavy atom. The third-order valence-electron chi connectivity index (χ3n) is 3.27. The van der Waals surface area contributed by atoms with Crippen molar-refractivity contribution in [1.82, 2.24) is 0 Å². The quantitative estimate of drug-likeness (QED) is 0.362. The highest BCUT2D eigenvalue weighted by molar-refractivity contribution is 7.50. The standard InChI is InChI=1S/C6H2O14P2/c7-1-3-5(9)17-21(11,15-3)16-4(14-1,2(8)13-3)6(10)19-22(12,18-5)20-6/h9-10H. The predicted molar refractivity (Wildman–Crippen MR) is 49.3 cm³/mol. The van der Waals surface area contributed by atoms with Gasteiger partial charge in [0.1, 0.15) is 0 Å². The van der Waals surface area contributed by atoms with Gasteiger partial charge in [0.25, 0.3) is 0 Å². The number of phosphoric ester groups is 2. The third-order valence-corrected chi connectivity index (χ3v) is 6.11. The lowest BCUT2D eigenvalue weighted by atomic mass is 10.1. The Labute approximate surface area is 117 Å². The fraction of sp³-hybridized carbons (Fsp3) is 0.667. The Hall–Kier alpha value is -0.920. The van der Waals surface area contributed by atoms with Crippen molar-refractivity contribution in [3.05, 3.63) is 0 Å². The molecule has 14 nitrogen and oxygen atoms in total. The van der Waals surface area contributed by atoms with Crippen molar-refractivity contribution in [2.75, 3.05) is 0 Å². The van der Waals surface area contributed by atoms with Crippen LogP contribution in [0.25, 0.3) is 0 Å². The molecule has 0 aromatic rings. The van der Waals surface area contributed by atoms with Crippen molar-refractivity contribution in [2.24, 2.45) is 0 Å². The first-order chi connectivity index (χ1) is 10.00. The third kappa shape index (κ3) is 1.11. The van der Waals surface area contributed by atoms with Crippen LogP contribution in [0.4, 0.5) is 0 Å². The van der Waals surface area contributed by atoms with E-state index in [-0.39, 0.29) is 0 Å². The summed E-state index contributed by atoms with van der Waals surface area (Å²) in [7, 11) is -9.72. The summed E-state index contributed by atoms with van der Waals surface area (Å²) in [5, 5.41) is 20.2. The normalized spacial score (nSPS) is 64.3. The monoisotopic (exact) mass is 360 g/mol. The summed E-state index contributed by atoms with van der Waals surface area (Å²) in [6.45, 7) is 0. The van der Waals surface area contributed by atoms with Gasteiger partial charge in [-0.05, 0) is 0 Å². The zero-order valence-corrected chi connectivity index (χ0v) is 11.5. The summed E-state index contributed by atoms with van der Waals surface area (Å²) in [4.78, 5) is 24.1. The Bertz CT molecular complexity index is 757. The maximum absolute atomic E-state index is 12.3. The van der Waals surface area contributed by atoms with Gasteiger partial charge in [-0.15, -0.1) is 0 Å². The van der Waals surface area contributed by atoms with Gasteiger partial charge in [-0.2, -0.15) is 0 Å². The van der Waals surface area contributed by atoms with E-state index in [1.54, 1.807) is 0 Å². The summed E-state index contributed by atoms with van der Waals surface area (Å²) in [6.07, 6.45) is 0. The average Bonchev–Trinajstić information content (AvgIpc) is 2.43. The van der Waals surface area contributed by atoms with Gasteiger partial charge in [0, 0.05) is 0 Å². The number of phosphoric acid groups is 2. The molecule has 0 aromatic carbocycles. The van der Waals surface area contributed by atoms with Crippen molar-refractivity contribution >= 4 is 27.6 Å². The molecule has 11 aliphatic heterocycles.